The molecule has 3 N–H and O–H groups in total. The number of carbonyl (C=O) groups is 1. The number of nitrogens with zero attached hydrogens (tertiary/aromatic N) is 1. The average Bonchev–Trinajstić information content (AvgIpc) is 2.93. The van der Waals surface area contributed by atoms with E-state index in [1.165, 1.54) is 26.4 Å². The van der Waals surface area contributed by atoms with Crippen LogP contribution in [0, 0.1) is 23.2 Å². The minimum Gasteiger partial charge on any atom is -0.495 e. The van der Waals surface area contributed by atoms with Gasteiger partial charge in [0.05, 0.1) is 18.2 Å². The van der Waals surface area contributed by atoms with Gasteiger partial charge in [0.15, 0.2) is 10.5 Å². The number of thiocarbonyl (C=S) groups is 1. The molecule has 1 saturated heterocycles. The van der Waals surface area contributed by atoms with Gasteiger partial charge in [-0.2, -0.15) is 0 Å². The van der Waals surface area contributed by atoms with Crippen LogP contribution in [0.3, 0.4) is 0 Å². The van der Waals surface area contributed by atoms with Crippen LogP contribution in [0.1, 0.15) is 57.8 Å². The Labute approximate surface area is 242 Å². The number of amides is 1. The molecule has 10 heteroatoms. The van der Waals surface area contributed by atoms with Gasteiger partial charge < -0.3 is 20.3 Å². The third-order valence-electron chi connectivity index (χ3n) is 9.37. The van der Waals surface area contributed by atoms with Crippen LogP contribution < -0.4 is 25.0 Å². The summed E-state index contributed by atoms with van der Waals surface area (Å²) < 4.78 is 35.0. The quantitative estimate of drug-likeness (QED) is 0.372. The molecule has 0 radical (unpaired) electrons. The molecule has 214 valence electrons. The Bertz CT molecular complexity index is 1340. The second-order valence-corrected chi connectivity index (χ2v) is 14.4. The zero-order valence-corrected chi connectivity index (χ0v) is 24.5. The van der Waals surface area contributed by atoms with E-state index in [1.807, 2.05) is 29.2 Å². The Kier molecular flexibility index (Phi) is 7.41. The van der Waals surface area contributed by atoms with Crippen LogP contribution >= 0.6 is 12.2 Å². The van der Waals surface area contributed by atoms with Crippen molar-refractivity contribution in [3.05, 3.63) is 48.5 Å². The molecular weight excluding hydrogens is 544 g/mol. The van der Waals surface area contributed by atoms with E-state index in [4.69, 9.17) is 17.0 Å². The Balaban J connectivity index is 1.10. The number of anilines is 3. The van der Waals surface area contributed by atoms with Crippen molar-refractivity contribution < 1.29 is 17.9 Å². The van der Waals surface area contributed by atoms with Crippen LogP contribution in [0.2, 0.25) is 0 Å². The van der Waals surface area contributed by atoms with E-state index in [9.17, 15) is 13.2 Å². The number of sulfonamides is 1. The van der Waals surface area contributed by atoms with E-state index in [1.54, 1.807) is 24.3 Å². The van der Waals surface area contributed by atoms with Crippen molar-refractivity contribution in [2.24, 2.45) is 23.2 Å². The van der Waals surface area contributed by atoms with Gasteiger partial charge >= 0.3 is 0 Å². The molecule has 1 unspecified atom stereocenters. The number of para-hydroxylation sites is 2. The fourth-order valence-corrected chi connectivity index (χ4v) is 9.85. The number of carbonyl (C=O) groups excluding carboxylic acids is 1. The molecule has 5 aliphatic rings. The van der Waals surface area contributed by atoms with Crippen LogP contribution in [0.5, 0.6) is 5.75 Å². The molecule has 1 atom stereocenters. The number of hydrogen-bond acceptors (Lipinski definition) is 6. The first-order chi connectivity index (χ1) is 19.2. The van der Waals surface area contributed by atoms with Crippen molar-refractivity contribution in [2.45, 2.75) is 63.2 Å². The van der Waals surface area contributed by atoms with Crippen LogP contribution in [-0.4, -0.2) is 38.5 Å². The Morgan fingerprint density at radius 3 is 2.27 bits per heavy atom. The Hall–Kier alpha value is -2.85. The fraction of sp³-hybridized carbons (Fsp3) is 0.533. The molecule has 2 aromatic rings. The monoisotopic (exact) mass is 582 g/mol. The summed E-state index contributed by atoms with van der Waals surface area (Å²) in [7, 11) is -2.19. The summed E-state index contributed by atoms with van der Waals surface area (Å²) in [5, 5.41) is 5.76. The third-order valence-corrected chi connectivity index (χ3v) is 11.3. The number of nitrogens with one attached hydrogen (secondary N) is 3. The van der Waals surface area contributed by atoms with Crippen molar-refractivity contribution in [3.63, 3.8) is 0 Å². The van der Waals surface area contributed by atoms with Gasteiger partial charge in [-0.05, 0) is 124 Å². The summed E-state index contributed by atoms with van der Waals surface area (Å²) >= 11 is 5.52. The van der Waals surface area contributed by atoms with Crippen LogP contribution in [0.4, 0.5) is 17.1 Å². The average molecular weight is 583 g/mol. The normalized spacial score (nSPS) is 29.1. The number of methoxy groups -OCH3 is 1. The van der Waals surface area contributed by atoms with Gasteiger partial charge in [0.2, 0.25) is 5.91 Å². The number of piperidine rings is 1. The zero-order chi connectivity index (χ0) is 27.9. The molecule has 7 rings (SSSR count). The van der Waals surface area contributed by atoms with Gasteiger partial charge in [-0.3, -0.25) is 9.52 Å². The van der Waals surface area contributed by atoms with Crippen molar-refractivity contribution in [1.82, 2.24) is 5.32 Å². The Morgan fingerprint density at radius 2 is 1.62 bits per heavy atom. The zero-order valence-electron chi connectivity index (χ0n) is 22.9. The maximum Gasteiger partial charge on any atom is 0.254 e. The predicted octanol–water partition coefficient (Wildman–Crippen LogP) is 5.48. The smallest absolute Gasteiger partial charge is 0.254 e. The molecule has 0 aromatic heterocycles. The molecule has 1 heterocycles. The number of rotatable bonds is 7. The first kappa shape index (κ1) is 27.3. The van der Waals surface area contributed by atoms with Crippen molar-refractivity contribution in [1.29, 1.82) is 0 Å². The van der Waals surface area contributed by atoms with Gasteiger partial charge in [0, 0.05) is 17.9 Å². The first-order valence-electron chi connectivity index (χ1n) is 14.4. The minimum atomic E-state index is -3.72. The molecule has 4 saturated carbocycles. The van der Waals surface area contributed by atoms with Gasteiger partial charge in [0.25, 0.3) is 10.0 Å². The highest BCUT2D eigenvalue weighted by Gasteiger charge is 2.54. The number of benzene rings is 2. The van der Waals surface area contributed by atoms with Crippen LogP contribution in [0.25, 0.3) is 0 Å². The van der Waals surface area contributed by atoms with E-state index in [0.29, 0.717) is 47.3 Å². The second kappa shape index (κ2) is 10.9. The minimum absolute atomic E-state index is 0.0737. The Morgan fingerprint density at radius 1 is 0.975 bits per heavy atom. The molecule has 4 bridgehead atoms. The van der Waals surface area contributed by atoms with Gasteiger partial charge in [-0.15, -0.1) is 0 Å². The molecule has 5 fully saturated rings. The maximum atomic E-state index is 13.5. The van der Waals surface area contributed by atoms with Crippen LogP contribution in [-0.2, 0) is 14.8 Å². The first-order valence-corrected chi connectivity index (χ1v) is 16.3. The lowest BCUT2D eigenvalue weighted by Gasteiger charge is -2.55. The summed E-state index contributed by atoms with van der Waals surface area (Å²) in [5.41, 5.74) is 1.75. The highest BCUT2D eigenvalue weighted by molar-refractivity contribution is 7.93. The molecule has 2 aromatic carbocycles. The molecule has 1 aliphatic heterocycles. The SMILES string of the molecule is COc1ccccc1NS(=O)(=O)C1CCCCN1c1ccc(NC(=S)NC(=O)C23CC4CC(CC(C4)C2)C3)cc1. The van der Waals surface area contributed by atoms with Crippen LogP contribution in [0.15, 0.2) is 48.5 Å². The third kappa shape index (κ3) is 5.40. The summed E-state index contributed by atoms with van der Waals surface area (Å²) in [6.45, 7) is 0.643. The van der Waals surface area contributed by atoms with E-state index in [2.05, 4.69) is 15.4 Å². The highest BCUT2D eigenvalue weighted by Crippen LogP contribution is 2.60. The molecule has 0 spiro atoms. The largest absolute Gasteiger partial charge is 0.495 e. The summed E-state index contributed by atoms with van der Waals surface area (Å²) in [5.74, 6) is 2.63. The molecular formula is C30H38N4O4S2. The van der Waals surface area contributed by atoms with Crippen molar-refractivity contribution >= 4 is 50.3 Å². The summed E-state index contributed by atoms with van der Waals surface area (Å²) in [4.78, 5) is 15.3. The fourth-order valence-electron chi connectivity index (χ4n) is 7.99. The van der Waals surface area contributed by atoms with Gasteiger partial charge in [-0.25, -0.2) is 8.42 Å². The molecule has 40 heavy (non-hydrogen) atoms. The van der Waals surface area contributed by atoms with Crippen molar-refractivity contribution in [2.75, 3.05) is 28.6 Å². The maximum absolute atomic E-state index is 13.5. The number of ether oxygens (including phenoxy) is 1. The van der Waals surface area contributed by atoms with Gasteiger partial charge in [0.1, 0.15) is 5.75 Å². The molecule has 4 aliphatic carbocycles. The highest BCUT2D eigenvalue weighted by atomic mass is 32.2. The molecule has 1 amide bonds. The van der Waals surface area contributed by atoms with E-state index in [0.717, 1.165) is 43.5 Å². The van der Waals surface area contributed by atoms with Crippen molar-refractivity contribution in [3.8, 4) is 5.75 Å². The lowest BCUT2D eigenvalue weighted by atomic mass is 9.49. The summed E-state index contributed by atoms with van der Waals surface area (Å²) in [6, 6.07) is 14.6. The van der Waals surface area contributed by atoms with E-state index >= 15 is 0 Å². The number of hydrogen-bond donors (Lipinski definition) is 3. The van der Waals surface area contributed by atoms with E-state index in [-0.39, 0.29) is 11.3 Å². The van der Waals surface area contributed by atoms with Gasteiger partial charge in [-0.1, -0.05) is 12.1 Å². The molecule has 8 nitrogen and oxygen atoms in total. The lowest BCUT2D eigenvalue weighted by molar-refractivity contribution is -0.144. The van der Waals surface area contributed by atoms with E-state index < -0.39 is 15.4 Å². The standard InChI is InChI=1S/C30H38N4O4S2/c1-38-26-7-3-2-6-25(26)33-40(36,37)27-8-4-5-13-34(27)24-11-9-23(10-12-24)31-29(39)32-28(35)30-17-20-14-21(18-30)16-22(15-20)19-30/h2-3,6-7,9-12,20-22,27,33H,4-5,8,13-19H2,1H3,(H2,31,32,35,39). The topological polar surface area (TPSA) is 99.8 Å². The summed E-state index contributed by atoms with van der Waals surface area (Å²) in [6.07, 6.45) is 9.14. The second-order valence-electron chi connectivity index (χ2n) is 12.1. The lowest BCUT2D eigenvalue weighted by Crippen LogP contribution is -2.55. The predicted molar refractivity (Wildman–Crippen MR) is 162 cm³/mol.